The van der Waals surface area contributed by atoms with Crippen molar-refractivity contribution in [2.45, 2.75) is 18.8 Å². The fourth-order valence-electron chi connectivity index (χ4n) is 2.60. The first-order valence-electron chi connectivity index (χ1n) is 6.99. The molecule has 2 heterocycles. The minimum atomic E-state index is -3.24. The van der Waals surface area contributed by atoms with Gasteiger partial charge < -0.3 is 4.52 Å². The maximum atomic E-state index is 13.7. The smallest absolute Gasteiger partial charge is 0.231 e. The standard InChI is InChI=1S/C14H16FN3O3S/c1-22(19,20)18-8-4-5-10(9-18)14-16-13(17-21-14)11-6-2-3-7-12(11)15/h2-3,6-7,10H,4-5,8-9H2,1H3/t10-/m0/s1. The van der Waals surface area contributed by atoms with Crippen LogP contribution < -0.4 is 0 Å². The van der Waals surface area contributed by atoms with Crippen LogP contribution in [0.2, 0.25) is 0 Å². The molecule has 1 aromatic heterocycles. The summed E-state index contributed by atoms with van der Waals surface area (Å²) in [7, 11) is -3.24. The second-order valence-corrected chi connectivity index (χ2v) is 7.38. The monoisotopic (exact) mass is 325 g/mol. The molecule has 1 aromatic carbocycles. The van der Waals surface area contributed by atoms with Crippen molar-refractivity contribution in [3.8, 4) is 11.4 Å². The van der Waals surface area contributed by atoms with Gasteiger partial charge in [0.15, 0.2) is 0 Å². The summed E-state index contributed by atoms with van der Waals surface area (Å²) in [6.45, 7) is 0.821. The number of nitrogens with zero attached hydrogens (tertiary/aromatic N) is 3. The summed E-state index contributed by atoms with van der Waals surface area (Å²) in [5.41, 5.74) is 0.272. The van der Waals surface area contributed by atoms with E-state index < -0.39 is 15.8 Å². The highest BCUT2D eigenvalue weighted by Gasteiger charge is 2.30. The third-order valence-electron chi connectivity index (χ3n) is 3.76. The van der Waals surface area contributed by atoms with Crippen molar-refractivity contribution in [3.05, 3.63) is 36.0 Å². The highest BCUT2D eigenvalue weighted by Crippen LogP contribution is 2.29. The zero-order valence-corrected chi connectivity index (χ0v) is 12.9. The molecule has 8 heteroatoms. The quantitative estimate of drug-likeness (QED) is 0.863. The van der Waals surface area contributed by atoms with E-state index in [1.165, 1.54) is 16.6 Å². The van der Waals surface area contributed by atoms with E-state index in [-0.39, 0.29) is 17.3 Å². The summed E-state index contributed by atoms with van der Waals surface area (Å²) in [5.74, 6) is -0.0380. The Hall–Kier alpha value is -1.80. The van der Waals surface area contributed by atoms with Gasteiger partial charge in [-0.1, -0.05) is 17.3 Å². The molecule has 1 atom stereocenters. The predicted molar refractivity (Wildman–Crippen MR) is 78.1 cm³/mol. The number of rotatable bonds is 3. The van der Waals surface area contributed by atoms with Crippen molar-refractivity contribution in [1.82, 2.24) is 14.4 Å². The van der Waals surface area contributed by atoms with E-state index in [4.69, 9.17) is 4.52 Å². The summed E-state index contributed by atoms with van der Waals surface area (Å²) in [6, 6.07) is 6.19. The van der Waals surface area contributed by atoms with E-state index in [0.29, 0.717) is 19.0 Å². The molecule has 3 rings (SSSR count). The first-order valence-corrected chi connectivity index (χ1v) is 8.83. The van der Waals surface area contributed by atoms with Gasteiger partial charge in [0.1, 0.15) is 5.82 Å². The normalized spacial score (nSPS) is 20.2. The van der Waals surface area contributed by atoms with E-state index in [1.807, 2.05) is 0 Å². The van der Waals surface area contributed by atoms with Crippen LogP contribution in [0.4, 0.5) is 4.39 Å². The molecular weight excluding hydrogens is 309 g/mol. The maximum absolute atomic E-state index is 13.7. The van der Waals surface area contributed by atoms with Gasteiger partial charge in [-0.2, -0.15) is 4.98 Å². The lowest BCUT2D eigenvalue weighted by Gasteiger charge is -2.28. The Kier molecular flexibility index (Phi) is 3.96. The van der Waals surface area contributed by atoms with Crippen LogP contribution in [0, 0.1) is 5.82 Å². The van der Waals surface area contributed by atoms with E-state index in [1.54, 1.807) is 18.2 Å². The van der Waals surface area contributed by atoms with Gasteiger partial charge in [0.2, 0.25) is 21.7 Å². The Labute approximate surface area is 128 Å². The summed E-state index contributed by atoms with van der Waals surface area (Å²) in [4.78, 5) is 4.24. The number of benzene rings is 1. The zero-order valence-electron chi connectivity index (χ0n) is 12.1. The molecule has 0 radical (unpaired) electrons. The highest BCUT2D eigenvalue weighted by molar-refractivity contribution is 7.88. The second-order valence-electron chi connectivity index (χ2n) is 5.40. The zero-order chi connectivity index (χ0) is 15.7. The largest absolute Gasteiger partial charge is 0.339 e. The van der Waals surface area contributed by atoms with Gasteiger partial charge in [-0.25, -0.2) is 17.1 Å². The van der Waals surface area contributed by atoms with Gasteiger partial charge in [0.25, 0.3) is 0 Å². The average Bonchev–Trinajstić information content (AvgIpc) is 2.97. The highest BCUT2D eigenvalue weighted by atomic mass is 32.2. The van der Waals surface area contributed by atoms with Gasteiger partial charge in [-0.05, 0) is 25.0 Å². The van der Waals surface area contributed by atoms with Crippen molar-refractivity contribution < 1.29 is 17.3 Å². The molecule has 6 nitrogen and oxygen atoms in total. The average molecular weight is 325 g/mol. The predicted octanol–water partition coefficient (Wildman–Crippen LogP) is 2.01. The minimum absolute atomic E-state index is 0.156. The molecule has 0 N–H and O–H groups in total. The Balaban J connectivity index is 1.84. The van der Waals surface area contributed by atoms with E-state index in [0.717, 1.165) is 12.8 Å². The number of piperidine rings is 1. The van der Waals surface area contributed by atoms with Gasteiger partial charge in [-0.15, -0.1) is 0 Å². The van der Waals surface area contributed by atoms with Crippen LogP contribution in [0.25, 0.3) is 11.4 Å². The molecule has 22 heavy (non-hydrogen) atoms. The van der Waals surface area contributed by atoms with Gasteiger partial charge in [0, 0.05) is 13.1 Å². The number of halogens is 1. The fraction of sp³-hybridized carbons (Fsp3) is 0.429. The molecule has 1 aliphatic heterocycles. The Morgan fingerprint density at radius 1 is 1.36 bits per heavy atom. The molecule has 0 amide bonds. The van der Waals surface area contributed by atoms with E-state index in [2.05, 4.69) is 10.1 Å². The lowest BCUT2D eigenvalue weighted by Crippen LogP contribution is -2.38. The number of hydrogen-bond donors (Lipinski definition) is 0. The van der Waals surface area contributed by atoms with Crippen molar-refractivity contribution >= 4 is 10.0 Å². The first-order chi connectivity index (χ1) is 10.4. The summed E-state index contributed by atoms with van der Waals surface area (Å²) in [5, 5.41) is 3.82. The number of sulfonamides is 1. The molecule has 1 saturated heterocycles. The van der Waals surface area contributed by atoms with Crippen LogP contribution >= 0.6 is 0 Å². The van der Waals surface area contributed by atoms with Crippen molar-refractivity contribution in [3.63, 3.8) is 0 Å². The number of hydrogen-bond acceptors (Lipinski definition) is 5. The van der Waals surface area contributed by atoms with Crippen molar-refractivity contribution in [1.29, 1.82) is 0 Å². The summed E-state index contributed by atoms with van der Waals surface area (Å²) >= 11 is 0. The molecule has 1 aliphatic rings. The lowest BCUT2D eigenvalue weighted by molar-refractivity contribution is 0.266. The SMILES string of the molecule is CS(=O)(=O)N1CCC[C@H](c2nc(-c3ccccc3F)no2)C1. The molecule has 1 fully saturated rings. The van der Waals surface area contributed by atoms with Gasteiger partial charge in [0.05, 0.1) is 17.7 Å². The molecule has 118 valence electrons. The fourth-order valence-corrected chi connectivity index (χ4v) is 3.51. The molecule has 0 bridgehead atoms. The molecule has 0 aliphatic carbocycles. The van der Waals surface area contributed by atoms with Crippen LogP contribution in [-0.2, 0) is 10.0 Å². The minimum Gasteiger partial charge on any atom is -0.339 e. The van der Waals surface area contributed by atoms with Crippen LogP contribution in [0.3, 0.4) is 0 Å². The topological polar surface area (TPSA) is 76.3 Å². The first kappa shape index (κ1) is 15.1. The molecule has 0 saturated carbocycles. The van der Waals surface area contributed by atoms with Gasteiger partial charge >= 0.3 is 0 Å². The maximum Gasteiger partial charge on any atom is 0.231 e. The number of aromatic nitrogens is 2. The van der Waals surface area contributed by atoms with Crippen molar-refractivity contribution in [2.75, 3.05) is 19.3 Å². The molecule has 0 spiro atoms. The molecular formula is C14H16FN3O3S. The third kappa shape index (κ3) is 3.02. The Morgan fingerprint density at radius 3 is 2.86 bits per heavy atom. The third-order valence-corrected chi connectivity index (χ3v) is 5.03. The summed E-state index contributed by atoms with van der Waals surface area (Å²) in [6.07, 6.45) is 2.69. The Bertz CT molecular complexity index is 775. The van der Waals surface area contributed by atoms with E-state index >= 15 is 0 Å². The van der Waals surface area contributed by atoms with Crippen LogP contribution in [0.15, 0.2) is 28.8 Å². The van der Waals surface area contributed by atoms with Crippen LogP contribution in [0.1, 0.15) is 24.7 Å². The molecule has 0 unspecified atom stereocenters. The van der Waals surface area contributed by atoms with E-state index in [9.17, 15) is 12.8 Å². The Morgan fingerprint density at radius 2 is 2.14 bits per heavy atom. The van der Waals surface area contributed by atoms with Crippen LogP contribution in [-0.4, -0.2) is 42.2 Å². The van der Waals surface area contributed by atoms with Crippen molar-refractivity contribution in [2.24, 2.45) is 0 Å². The lowest BCUT2D eigenvalue weighted by atomic mass is 10.00. The van der Waals surface area contributed by atoms with Crippen LogP contribution in [0.5, 0.6) is 0 Å². The summed E-state index contributed by atoms with van der Waals surface area (Å²) < 4.78 is 43.7. The second kappa shape index (κ2) is 5.77. The molecule has 2 aromatic rings. The van der Waals surface area contributed by atoms with Gasteiger partial charge in [-0.3, -0.25) is 0 Å².